The number of amides is 1. The maximum atomic E-state index is 11.9. The summed E-state index contributed by atoms with van der Waals surface area (Å²) in [5.74, 6) is 0.830. The third kappa shape index (κ3) is 4.40. The second kappa shape index (κ2) is 7.36. The van der Waals surface area contributed by atoms with E-state index in [9.17, 15) is 4.79 Å². The number of rotatable bonds is 3. The molecule has 106 valence electrons. The van der Waals surface area contributed by atoms with Crippen LogP contribution >= 0.6 is 12.4 Å². The first kappa shape index (κ1) is 15.8. The van der Waals surface area contributed by atoms with Gasteiger partial charge < -0.3 is 15.0 Å². The zero-order chi connectivity index (χ0) is 13.0. The van der Waals surface area contributed by atoms with Gasteiger partial charge in [-0.15, -0.1) is 12.4 Å². The predicted octanol–water partition coefficient (Wildman–Crippen LogP) is 1.54. The summed E-state index contributed by atoms with van der Waals surface area (Å²) >= 11 is 0. The van der Waals surface area contributed by atoms with Gasteiger partial charge in [0.25, 0.3) is 5.91 Å². The zero-order valence-corrected chi connectivity index (χ0v) is 12.3. The molecule has 19 heavy (non-hydrogen) atoms. The van der Waals surface area contributed by atoms with E-state index in [1.54, 1.807) is 0 Å². The number of hydrogen-bond acceptors (Lipinski definition) is 3. The van der Waals surface area contributed by atoms with Gasteiger partial charge in [-0.3, -0.25) is 4.79 Å². The van der Waals surface area contributed by atoms with E-state index >= 15 is 0 Å². The number of nitrogens with zero attached hydrogens (tertiary/aromatic N) is 1. The number of aryl methyl sites for hydroxylation is 2. The fourth-order valence-corrected chi connectivity index (χ4v) is 1.95. The van der Waals surface area contributed by atoms with Gasteiger partial charge in [-0.25, -0.2) is 0 Å². The van der Waals surface area contributed by atoms with Crippen LogP contribution in [-0.4, -0.2) is 43.6 Å². The van der Waals surface area contributed by atoms with E-state index in [4.69, 9.17) is 4.74 Å². The van der Waals surface area contributed by atoms with Crippen molar-refractivity contribution < 1.29 is 9.53 Å². The van der Waals surface area contributed by atoms with Crippen molar-refractivity contribution in [2.75, 3.05) is 32.8 Å². The molecule has 0 spiro atoms. The minimum atomic E-state index is 0. The Morgan fingerprint density at radius 3 is 2.58 bits per heavy atom. The highest BCUT2D eigenvalue weighted by Gasteiger charge is 2.16. The summed E-state index contributed by atoms with van der Waals surface area (Å²) in [5.41, 5.74) is 2.41. The number of carbonyl (C=O) groups is 1. The smallest absolute Gasteiger partial charge is 0.260 e. The minimum Gasteiger partial charge on any atom is -0.484 e. The third-order valence-electron chi connectivity index (χ3n) is 3.31. The van der Waals surface area contributed by atoms with Gasteiger partial charge in [0.05, 0.1) is 0 Å². The zero-order valence-electron chi connectivity index (χ0n) is 11.4. The fraction of sp³-hybridized carbons (Fsp3) is 0.500. The molecular formula is C14H21ClN2O2. The highest BCUT2D eigenvalue weighted by molar-refractivity contribution is 5.85. The molecule has 1 heterocycles. The average molecular weight is 285 g/mol. The Hall–Kier alpha value is -1.26. The molecule has 1 fully saturated rings. The first-order valence-corrected chi connectivity index (χ1v) is 6.35. The van der Waals surface area contributed by atoms with Gasteiger partial charge >= 0.3 is 0 Å². The second-order valence-electron chi connectivity index (χ2n) is 4.67. The van der Waals surface area contributed by atoms with E-state index < -0.39 is 0 Å². The summed E-state index contributed by atoms with van der Waals surface area (Å²) in [6.45, 7) is 7.52. The van der Waals surface area contributed by atoms with Crippen LogP contribution in [0.5, 0.6) is 5.75 Å². The fourth-order valence-electron chi connectivity index (χ4n) is 1.95. The number of ether oxygens (including phenoxy) is 1. The summed E-state index contributed by atoms with van der Waals surface area (Å²) in [6, 6.07) is 5.90. The lowest BCUT2D eigenvalue weighted by molar-refractivity contribution is -0.133. The number of nitrogens with one attached hydrogen (secondary N) is 1. The molecule has 1 N–H and O–H groups in total. The minimum absolute atomic E-state index is 0. The normalized spacial score (nSPS) is 14.7. The van der Waals surface area contributed by atoms with Crippen LogP contribution in [0.15, 0.2) is 18.2 Å². The molecule has 1 amide bonds. The third-order valence-corrected chi connectivity index (χ3v) is 3.31. The Labute approximate surface area is 120 Å². The van der Waals surface area contributed by atoms with E-state index in [2.05, 4.69) is 12.2 Å². The van der Waals surface area contributed by atoms with Crippen molar-refractivity contribution >= 4 is 18.3 Å². The number of benzene rings is 1. The number of piperazine rings is 1. The van der Waals surface area contributed by atoms with Gasteiger partial charge in [-0.1, -0.05) is 6.07 Å². The average Bonchev–Trinajstić information content (AvgIpc) is 2.41. The van der Waals surface area contributed by atoms with Gasteiger partial charge in [-0.05, 0) is 37.1 Å². The molecule has 1 saturated heterocycles. The molecule has 4 nitrogen and oxygen atoms in total. The topological polar surface area (TPSA) is 41.6 Å². The lowest BCUT2D eigenvalue weighted by atomic mass is 10.1. The Balaban J connectivity index is 0.00000180. The Morgan fingerprint density at radius 1 is 1.26 bits per heavy atom. The Bertz CT molecular complexity index is 431. The van der Waals surface area contributed by atoms with Gasteiger partial charge in [0.1, 0.15) is 5.75 Å². The van der Waals surface area contributed by atoms with Crippen LogP contribution in [0, 0.1) is 13.8 Å². The number of halogens is 1. The van der Waals surface area contributed by atoms with Crippen LogP contribution in [0.4, 0.5) is 0 Å². The molecule has 0 radical (unpaired) electrons. The summed E-state index contributed by atoms with van der Waals surface area (Å²) in [4.78, 5) is 13.7. The predicted molar refractivity (Wildman–Crippen MR) is 78.1 cm³/mol. The molecule has 1 aliphatic rings. The molecule has 1 aromatic carbocycles. The summed E-state index contributed by atoms with van der Waals surface area (Å²) < 4.78 is 5.55. The molecule has 0 saturated carbocycles. The van der Waals surface area contributed by atoms with Gasteiger partial charge in [0.15, 0.2) is 6.61 Å². The first-order valence-electron chi connectivity index (χ1n) is 6.35. The SMILES string of the molecule is Cc1ccc(OCC(=O)N2CCNCC2)cc1C.Cl. The largest absolute Gasteiger partial charge is 0.484 e. The van der Waals surface area contributed by atoms with Crippen molar-refractivity contribution in [2.24, 2.45) is 0 Å². The van der Waals surface area contributed by atoms with E-state index in [1.807, 2.05) is 30.0 Å². The molecule has 0 aromatic heterocycles. The molecule has 0 bridgehead atoms. The summed E-state index contributed by atoms with van der Waals surface area (Å²) in [7, 11) is 0. The maximum Gasteiger partial charge on any atom is 0.260 e. The quantitative estimate of drug-likeness (QED) is 0.915. The molecule has 1 aliphatic heterocycles. The molecule has 0 unspecified atom stereocenters. The molecule has 0 aliphatic carbocycles. The number of carbonyl (C=O) groups excluding carboxylic acids is 1. The highest BCUT2D eigenvalue weighted by Crippen LogP contribution is 2.16. The van der Waals surface area contributed by atoms with Crippen LogP contribution in [-0.2, 0) is 4.79 Å². The monoisotopic (exact) mass is 284 g/mol. The summed E-state index contributed by atoms with van der Waals surface area (Å²) in [5, 5.41) is 3.22. The highest BCUT2D eigenvalue weighted by atomic mass is 35.5. The van der Waals surface area contributed by atoms with Crippen molar-refractivity contribution in [3.63, 3.8) is 0 Å². The first-order chi connectivity index (χ1) is 8.66. The van der Waals surface area contributed by atoms with Gasteiger partial charge in [-0.2, -0.15) is 0 Å². The van der Waals surface area contributed by atoms with E-state index in [0.29, 0.717) is 0 Å². The van der Waals surface area contributed by atoms with Gasteiger partial charge in [0, 0.05) is 26.2 Å². The van der Waals surface area contributed by atoms with E-state index in [0.717, 1.165) is 31.9 Å². The second-order valence-corrected chi connectivity index (χ2v) is 4.67. The molecule has 2 rings (SSSR count). The van der Waals surface area contributed by atoms with E-state index in [-0.39, 0.29) is 24.9 Å². The molecule has 1 aromatic rings. The standard InChI is InChI=1S/C14H20N2O2.ClH/c1-11-3-4-13(9-12(11)2)18-10-14(17)16-7-5-15-6-8-16;/h3-4,9,15H,5-8,10H2,1-2H3;1H. The van der Waals surface area contributed by atoms with Crippen LogP contribution in [0.2, 0.25) is 0 Å². The summed E-state index contributed by atoms with van der Waals surface area (Å²) in [6.07, 6.45) is 0. The van der Waals surface area contributed by atoms with Crippen molar-refractivity contribution in [3.05, 3.63) is 29.3 Å². The van der Waals surface area contributed by atoms with E-state index in [1.165, 1.54) is 11.1 Å². The maximum absolute atomic E-state index is 11.9. The van der Waals surface area contributed by atoms with Crippen molar-refractivity contribution in [1.29, 1.82) is 0 Å². The lowest BCUT2D eigenvalue weighted by Crippen LogP contribution is -2.47. The molecular weight excluding hydrogens is 264 g/mol. The van der Waals surface area contributed by atoms with Crippen molar-refractivity contribution in [1.82, 2.24) is 10.2 Å². The number of hydrogen-bond donors (Lipinski definition) is 1. The lowest BCUT2D eigenvalue weighted by Gasteiger charge is -2.27. The molecule has 0 atom stereocenters. The van der Waals surface area contributed by atoms with Gasteiger partial charge in [0.2, 0.25) is 0 Å². The Morgan fingerprint density at radius 2 is 1.95 bits per heavy atom. The van der Waals surface area contributed by atoms with Crippen LogP contribution in [0.1, 0.15) is 11.1 Å². The van der Waals surface area contributed by atoms with Crippen LogP contribution in [0.3, 0.4) is 0 Å². The van der Waals surface area contributed by atoms with Crippen LogP contribution < -0.4 is 10.1 Å². The van der Waals surface area contributed by atoms with Crippen molar-refractivity contribution in [3.8, 4) is 5.75 Å². The molecule has 5 heteroatoms. The van der Waals surface area contributed by atoms with Crippen molar-refractivity contribution in [2.45, 2.75) is 13.8 Å². The van der Waals surface area contributed by atoms with Crippen LogP contribution in [0.25, 0.3) is 0 Å². The Kier molecular flexibility index (Phi) is 6.12.